The van der Waals surface area contributed by atoms with E-state index in [1.807, 2.05) is 12.1 Å². The van der Waals surface area contributed by atoms with E-state index in [-0.39, 0.29) is 18.1 Å². The molecule has 14 heteroatoms. The average Bonchev–Trinajstić information content (AvgIpc) is 3.43. The highest BCUT2D eigenvalue weighted by Crippen LogP contribution is 2.42. The zero-order valence-corrected chi connectivity index (χ0v) is 22.5. The SMILES string of the molecule is CC(=O)OC[C@@H]1[C@H](OC(C)=O)[C@@H](COC(C)=O)O[C@H]1n1c(Sc2cc3ccccc3oc2=O)nc2cncnc21. The first kappa shape index (κ1) is 27.3. The zero-order valence-electron chi connectivity index (χ0n) is 21.6. The smallest absolute Gasteiger partial charge is 0.350 e. The lowest BCUT2D eigenvalue weighted by atomic mass is 10.00. The van der Waals surface area contributed by atoms with Crippen LogP contribution in [0.2, 0.25) is 0 Å². The highest BCUT2D eigenvalue weighted by Gasteiger charge is 2.50. The number of rotatable bonds is 8. The molecule has 0 saturated carbocycles. The van der Waals surface area contributed by atoms with Gasteiger partial charge in [0.15, 0.2) is 10.8 Å². The van der Waals surface area contributed by atoms with Crippen LogP contribution in [0.4, 0.5) is 0 Å². The number of imidazole rings is 1. The minimum Gasteiger partial charge on any atom is -0.465 e. The molecule has 208 valence electrons. The molecule has 1 aromatic carbocycles. The fourth-order valence-corrected chi connectivity index (χ4v) is 5.41. The van der Waals surface area contributed by atoms with E-state index in [1.54, 1.807) is 22.8 Å². The molecule has 40 heavy (non-hydrogen) atoms. The number of para-hydroxylation sites is 1. The Balaban J connectivity index is 1.61. The molecule has 1 aliphatic heterocycles. The highest BCUT2D eigenvalue weighted by atomic mass is 32.2. The summed E-state index contributed by atoms with van der Waals surface area (Å²) in [7, 11) is 0. The van der Waals surface area contributed by atoms with Crippen LogP contribution in [-0.2, 0) is 33.3 Å². The van der Waals surface area contributed by atoms with Crippen molar-refractivity contribution in [3.05, 3.63) is 53.3 Å². The number of nitrogens with zero attached hydrogens (tertiary/aromatic N) is 4. The molecule has 1 fully saturated rings. The summed E-state index contributed by atoms with van der Waals surface area (Å²) in [6, 6.07) is 8.79. The Morgan fingerprint density at radius 1 is 1.05 bits per heavy atom. The molecule has 3 aromatic heterocycles. The monoisotopic (exact) mass is 568 g/mol. The standard InChI is InChI=1S/C26H24N4O9S/c1-13(31)35-10-17-22(37-15(3)33)20(11-36-14(2)32)38-24(17)30-23-18(9-27-12-28-23)29-26(30)40-21-8-16-6-4-5-7-19(16)39-25(21)34/h4-9,12,17,20,22,24H,10-11H2,1-3H3/t17-,20-,22+,24-/m1/s1. The number of fused-ring (bicyclic) bond motifs is 2. The van der Waals surface area contributed by atoms with Crippen molar-refractivity contribution in [2.24, 2.45) is 5.92 Å². The van der Waals surface area contributed by atoms with Crippen molar-refractivity contribution in [1.82, 2.24) is 19.5 Å². The fourth-order valence-electron chi connectivity index (χ4n) is 4.47. The molecule has 0 N–H and O–H groups in total. The van der Waals surface area contributed by atoms with Gasteiger partial charge in [0.1, 0.15) is 54.0 Å². The van der Waals surface area contributed by atoms with Crippen LogP contribution >= 0.6 is 11.8 Å². The van der Waals surface area contributed by atoms with Crippen LogP contribution < -0.4 is 5.63 Å². The topological polar surface area (TPSA) is 162 Å². The van der Waals surface area contributed by atoms with E-state index in [2.05, 4.69) is 15.0 Å². The van der Waals surface area contributed by atoms with Gasteiger partial charge in [0.2, 0.25) is 0 Å². The molecule has 0 aliphatic carbocycles. The molecule has 13 nitrogen and oxygen atoms in total. The molecule has 5 rings (SSSR count). The molecule has 1 aliphatic rings. The van der Waals surface area contributed by atoms with Crippen molar-refractivity contribution in [1.29, 1.82) is 0 Å². The molecule has 0 spiro atoms. The number of carbonyl (C=O) groups excluding carboxylic acids is 3. The Kier molecular flexibility index (Phi) is 7.80. The molecule has 1 saturated heterocycles. The van der Waals surface area contributed by atoms with Crippen LogP contribution in [0.15, 0.2) is 62.1 Å². The third-order valence-electron chi connectivity index (χ3n) is 6.09. The summed E-state index contributed by atoms with van der Waals surface area (Å²) in [5.41, 5.74) is 0.629. The molecule has 0 unspecified atom stereocenters. The Labute approximate surface area is 230 Å². The Morgan fingerprint density at radius 2 is 1.80 bits per heavy atom. The van der Waals surface area contributed by atoms with E-state index in [9.17, 15) is 19.2 Å². The average molecular weight is 569 g/mol. The summed E-state index contributed by atoms with van der Waals surface area (Å²) in [5, 5.41) is 1.01. The number of hydrogen-bond acceptors (Lipinski definition) is 13. The molecule has 0 amide bonds. The summed E-state index contributed by atoms with van der Waals surface area (Å²) in [6.07, 6.45) is 0.0150. The normalized spacial score (nSPS) is 20.5. The van der Waals surface area contributed by atoms with E-state index in [0.29, 0.717) is 27.3 Å². The van der Waals surface area contributed by atoms with E-state index >= 15 is 0 Å². The minimum absolute atomic E-state index is 0.193. The number of esters is 3. The van der Waals surface area contributed by atoms with Crippen LogP contribution in [0, 0.1) is 5.92 Å². The molecule has 0 radical (unpaired) electrons. The first-order valence-electron chi connectivity index (χ1n) is 12.2. The second-order valence-electron chi connectivity index (χ2n) is 8.94. The number of carbonyl (C=O) groups is 3. The third kappa shape index (κ3) is 5.67. The summed E-state index contributed by atoms with van der Waals surface area (Å²) >= 11 is 1.03. The Morgan fingerprint density at radius 3 is 2.55 bits per heavy atom. The van der Waals surface area contributed by atoms with E-state index < -0.39 is 47.9 Å². The van der Waals surface area contributed by atoms with Gasteiger partial charge in [0, 0.05) is 26.2 Å². The van der Waals surface area contributed by atoms with Gasteiger partial charge in [-0.05, 0) is 23.9 Å². The van der Waals surface area contributed by atoms with Gasteiger partial charge in [0.05, 0.1) is 12.1 Å². The quantitative estimate of drug-likeness (QED) is 0.173. The molecule has 4 atom stereocenters. The van der Waals surface area contributed by atoms with Crippen molar-refractivity contribution in [3.63, 3.8) is 0 Å². The van der Waals surface area contributed by atoms with Gasteiger partial charge in [-0.3, -0.25) is 19.0 Å². The lowest BCUT2D eigenvalue weighted by Gasteiger charge is -2.24. The Hall–Kier alpha value is -4.30. The number of aromatic nitrogens is 4. The van der Waals surface area contributed by atoms with Crippen molar-refractivity contribution in [2.75, 3.05) is 13.2 Å². The maximum absolute atomic E-state index is 12.9. The van der Waals surface area contributed by atoms with Crippen LogP contribution in [-0.4, -0.2) is 62.8 Å². The van der Waals surface area contributed by atoms with Gasteiger partial charge in [-0.25, -0.2) is 19.7 Å². The van der Waals surface area contributed by atoms with Gasteiger partial charge < -0.3 is 23.4 Å². The van der Waals surface area contributed by atoms with Crippen molar-refractivity contribution >= 4 is 51.8 Å². The van der Waals surface area contributed by atoms with Crippen LogP contribution in [0.25, 0.3) is 22.1 Å². The highest BCUT2D eigenvalue weighted by molar-refractivity contribution is 7.99. The number of benzene rings is 1. The molecule has 4 aromatic rings. The van der Waals surface area contributed by atoms with E-state index in [1.165, 1.54) is 33.3 Å². The lowest BCUT2D eigenvalue weighted by molar-refractivity contribution is -0.156. The number of hydrogen-bond donors (Lipinski definition) is 0. The largest absolute Gasteiger partial charge is 0.465 e. The predicted molar refractivity (Wildman–Crippen MR) is 138 cm³/mol. The van der Waals surface area contributed by atoms with Crippen molar-refractivity contribution in [2.45, 2.75) is 49.3 Å². The van der Waals surface area contributed by atoms with Gasteiger partial charge in [-0.2, -0.15) is 0 Å². The van der Waals surface area contributed by atoms with Gasteiger partial charge in [-0.1, -0.05) is 18.2 Å². The van der Waals surface area contributed by atoms with Crippen LogP contribution in [0.5, 0.6) is 0 Å². The maximum atomic E-state index is 12.9. The second-order valence-corrected chi connectivity index (χ2v) is 9.95. The molecular weight excluding hydrogens is 544 g/mol. The summed E-state index contributed by atoms with van der Waals surface area (Å²) < 4.78 is 29.5. The van der Waals surface area contributed by atoms with Gasteiger partial charge in [-0.15, -0.1) is 0 Å². The fraction of sp³-hybridized carbons (Fsp3) is 0.346. The molecule has 0 bridgehead atoms. The lowest BCUT2D eigenvalue weighted by Crippen LogP contribution is -2.37. The predicted octanol–water partition coefficient (Wildman–Crippen LogP) is 2.66. The van der Waals surface area contributed by atoms with Crippen molar-refractivity contribution in [3.8, 4) is 0 Å². The minimum atomic E-state index is -0.959. The van der Waals surface area contributed by atoms with Gasteiger partial charge in [0.25, 0.3) is 0 Å². The molecular formula is C26H24N4O9S. The number of ether oxygens (including phenoxy) is 4. The van der Waals surface area contributed by atoms with E-state index in [4.69, 9.17) is 23.4 Å². The summed E-state index contributed by atoms with van der Waals surface area (Å²) in [5.74, 6) is -2.46. The summed E-state index contributed by atoms with van der Waals surface area (Å²) in [4.78, 5) is 61.5. The summed E-state index contributed by atoms with van der Waals surface area (Å²) in [6.45, 7) is 3.31. The zero-order chi connectivity index (χ0) is 28.4. The van der Waals surface area contributed by atoms with E-state index in [0.717, 1.165) is 11.8 Å². The second kappa shape index (κ2) is 11.4. The maximum Gasteiger partial charge on any atom is 0.350 e. The van der Waals surface area contributed by atoms with Crippen molar-refractivity contribution < 1.29 is 37.7 Å². The van der Waals surface area contributed by atoms with Crippen LogP contribution in [0.3, 0.4) is 0 Å². The van der Waals surface area contributed by atoms with Gasteiger partial charge >= 0.3 is 23.5 Å². The first-order valence-corrected chi connectivity index (χ1v) is 13.0. The Bertz CT molecular complexity index is 1650. The van der Waals surface area contributed by atoms with Crippen LogP contribution in [0.1, 0.15) is 27.0 Å². The first-order chi connectivity index (χ1) is 19.2. The third-order valence-corrected chi connectivity index (χ3v) is 7.06. The molecule has 4 heterocycles.